The number of rotatable bonds is 4. The van der Waals surface area contributed by atoms with Gasteiger partial charge in [-0.2, -0.15) is 5.10 Å². The van der Waals surface area contributed by atoms with Crippen LogP contribution in [0.3, 0.4) is 0 Å². The third kappa shape index (κ3) is 2.75. The molecule has 21 heavy (non-hydrogen) atoms. The molecule has 0 aliphatic rings. The molecule has 3 rings (SSSR count). The van der Waals surface area contributed by atoms with Crippen LogP contribution in [0.1, 0.15) is 30.0 Å². The Kier molecular flexibility index (Phi) is 4.10. The van der Waals surface area contributed by atoms with Gasteiger partial charge in [-0.1, -0.05) is 0 Å². The summed E-state index contributed by atoms with van der Waals surface area (Å²) in [6.07, 6.45) is 1.70. The van der Waals surface area contributed by atoms with Crippen molar-refractivity contribution in [2.24, 2.45) is 0 Å². The summed E-state index contributed by atoms with van der Waals surface area (Å²) in [6, 6.07) is 4.01. The lowest BCUT2D eigenvalue weighted by Gasteiger charge is -2.12. The van der Waals surface area contributed by atoms with Crippen molar-refractivity contribution in [3.05, 3.63) is 45.1 Å². The van der Waals surface area contributed by atoms with E-state index in [9.17, 15) is 5.11 Å². The fourth-order valence-electron chi connectivity index (χ4n) is 2.41. The molecule has 1 unspecified atom stereocenters. The second-order valence-electron chi connectivity index (χ2n) is 4.95. The van der Waals surface area contributed by atoms with E-state index in [0.717, 1.165) is 38.2 Å². The summed E-state index contributed by atoms with van der Waals surface area (Å²) in [4.78, 5) is 4.39. The summed E-state index contributed by atoms with van der Waals surface area (Å²) in [7, 11) is 0. The number of hydrogen-bond donors (Lipinski definition) is 1. The number of nitrogens with zero attached hydrogens (tertiary/aromatic N) is 3. The monoisotopic (exact) mass is 365 g/mol. The number of aromatic nitrogens is 3. The van der Waals surface area contributed by atoms with Crippen LogP contribution < -0.4 is 0 Å². The van der Waals surface area contributed by atoms with Crippen LogP contribution in [0.25, 0.3) is 10.2 Å². The van der Waals surface area contributed by atoms with E-state index in [4.69, 9.17) is 0 Å². The highest BCUT2D eigenvalue weighted by atomic mass is 79.9. The summed E-state index contributed by atoms with van der Waals surface area (Å²) in [6.45, 7) is 4.80. The molecule has 0 saturated heterocycles. The van der Waals surface area contributed by atoms with Crippen molar-refractivity contribution in [1.82, 2.24) is 14.8 Å². The molecule has 0 fully saturated rings. The highest BCUT2D eigenvalue weighted by molar-refractivity contribution is 9.10. The quantitative estimate of drug-likeness (QED) is 0.763. The van der Waals surface area contributed by atoms with Crippen molar-refractivity contribution in [3.8, 4) is 0 Å². The lowest BCUT2D eigenvalue weighted by Crippen LogP contribution is -2.09. The molecule has 0 spiro atoms. The van der Waals surface area contributed by atoms with E-state index in [1.165, 1.54) is 0 Å². The van der Waals surface area contributed by atoms with Crippen molar-refractivity contribution in [2.45, 2.75) is 32.9 Å². The Morgan fingerprint density at radius 3 is 3.05 bits per heavy atom. The molecule has 0 bridgehead atoms. The van der Waals surface area contributed by atoms with E-state index < -0.39 is 6.10 Å². The van der Waals surface area contributed by atoms with Crippen molar-refractivity contribution >= 4 is 37.5 Å². The lowest BCUT2D eigenvalue weighted by molar-refractivity contribution is 0.175. The van der Waals surface area contributed by atoms with Gasteiger partial charge in [0, 0.05) is 24.7 Å². The van der Waals surface area contributed by atoms with E-state index >= 15 is 0 Å². The second kappa shape index (κ2) is 5.87. The van der Waals surface area contributed by atoms with Crippen LogP contribution >= 0.6 is 27.3 Å². The van der Waals surface area contributed by atoms with Gasteiger partial charge in [-0.05, 0) is 47.3 Å². The molecular formula is C15H16BrN3OS. The number of hydrogen-bond acceptors (Lipinski definition) is 4. The van der Waals surface area contributed by atoms with E-state index in [1.54, 1.807) is 17.5 Å². The zero-order valence-corrected chi connectivity index (χ0v) is 14.3. The Bertz CT molecular complexity index is 780. The van der Waals surface area contributed by atoms with Gasteiger partial charge in [0.15, 0.2) is 0 Å². The first-order valence-electron chi connectivity index (χ1n) is 6.83. The molecular weight excluding hydrogens is 350 g/mol. The molecule has 0 aliphatic heterocycles. The van der Waals surface area contributed by atoms with Crippen LogP contribution in [0, 0.1) is 6.92 Å². The summed E-state index contributed by atoms with van der Waals surface area (Å²) in [5.74, 6) is 0. The van der Waals surface area contributed by atoms with Gasteiger partial charge in [0.25, 0.3) is 0 Å². The van der Waals surface area contributed by atoms with Gasteiger partial charge in [-0.15, -0.1) is 11.3 Å². The van der Waals surface area contributed by atoms with Gasteiger partial charge in [0.2, 0.25) is 0 Å². The maximum atomic E-state index is 10.5. The van der Waals surface area contributed by atoms with Gasteiger partial charge in [-0.3, -0.25) is 9.67 Å². The summed E-state index contributed by atoms with van der Waals surface area (Å²) < 4.78 is 4.01. The van der Waals surface area contributed by atoms with Crippen LogP contribution in [-0.4, -0.2) is 19.9 Å². The third-order valence-electron chi connectivity index (χ3n) is 3.55. The Morgan fingerprint density at radius 2 is 2.29 bits per heavy atom. The van der Waals surface area contributed by atoms with Gasteiger partial charge in [-0.25, -0.2) is 0 Å². The zero-order chi connectivity index (χ0) is 15.0. The summed E-state index contributed by atoms with van der Waals surface area (Å²) >= 11 is 5.21. The standard InChI is InChI=1S/C15H16BrN3OS/c1-3-19-12(15(16)9(2)18-19)7-13(20)10-6-14-11(17-8-10)4-5-21-14/h4-6,8,13,20H,3,7H2,1-2H3. The minimum atomic E-state index is -0.582. The zero-order valence-electron chi connectivity index (χ0n) is 11.9. The van der Waals surface area contributed by atoms with E-state index in [2.05, 4.69) is 26.0 Å². The first-order chi connectivity index (χ1) is 10.1. The Morgan fingerprint density at radius 1 is 1.48 bits per heavy atom. The molecule has 0 radical (unpaired) electrons. The largest absolute Gasteiger partial charge is 0.388 e. The molecule has 1 atom stereocenters. The van der Waals surface area contributed by atoms with E-state index in [-0.39, 0.29) is 0 Å². The van der Waals surface area contributed by atoms with Crippen LogP contribution in [0.4, 0.5) is 0 Å². The molecule has 6 heteroatoms. The van der Waals surface area contributed by atoms with Crippen LogP contribution in [0.2, 0.25) is 0 Å². The van der Waals surface area contributed by atoms with Crippen molar-refractivity contribution in [1.29, 1.82) is 0 Å². The summed E-state index contributed by atoms with van der Waals surface area (Å²) in [5.41, 5.74) is 3.80. The average molecular weight is 366 g/mol. The van der Waals surface area contributed by atoms with Crippen molar-refractivity contribution in [2.75, 3.05) is 0 Å². The predicted molar refractivity (Wildman–Crippen MR) is 88.6 cm³/mol. The Labute approximate surface area is 135 Å². The van der Waals surface area contributed by atoms with E-state index in [0.29, 0.717) is 6.42 Å². The molecule has 1 N–H and O–H groups in total. The lowest BCUT2D eigenvalue weighted by atomic mass is 10.1. The molecule has 4 nitrogen and oxygen atoms in total. The van der Waals surface area contributed by atoms with Crippen molar-refractivity contribution < 1.29 is 5.11 Å². The van der Waals surface area contributed by atoms with Crippen LogP contribution in [-0.2, 0) is 13.0 Å². The minimum Gasteiger partial charge on any atom is -0.388 e. The van der Waals surface area contributed by atoms with Gasteiger partial charge in [0.1, 0.15) is 0 Å². The van der Waals surface area contributed by atoms with Gasteiger partial charge >= 0.3 is 0 Å². The minimum absolute atomic E-state index is 0.522. The maximum Gasteiger partial charge on any atom is 0.0861 e. The number of pyridine rings is 1. The molecule has 0 aromatic carbocycles. The smallest absolute Gasteiger partial charge is 0.0861 e. The fourth-order valence-corrected chi connectivity index (χ4v) is 3.64. The highest BCUT2D eigenvalue weighted by Crippen LogP contribution is 2.28. The van der Waals surface area contributed by atoms with Crippen LogP contribution in [0.5, 0.6) is 0 Å². The molecule has 0 saturated carbocycles. The fraction of sp³-hybridized carbons (Fsp3) is 0.333. The second-order valence-corrected chi connectivity index (χ2v) is 6.70. The number of halogens is 1. The first kappa shape index (κ1) is 14.7. The molecule has 3 heterocycles. The molecule has 3 aromatic heterocycles. The Balaban J connectivity index is 1.90. The molecule has 0 aliphatic carbocycles. The average Bonchev–Trinajstić information content (AvgIpc) is 3.05. The predicted octanol–water partition coefficient (Wildman–Crippen LogP) is 3.86. The maximum absolute atomic E-state index is 10.5. The third-order valence-corrected chi connectivity index (χ3v) is 5.43. The number of fused-ring (bicyclic) bond motifs is 1. The Hall–Kier alpha value is -1.24. The topological polar surface area (TPSA) is 50.9 Å². The molecule has 0 amide bonds. The highest BCUT2D eigenvalue weighted by Gasteiger charge is 2.18. The SMILES string of the molecule is CCn1nc(C)c(Br)c1CC(O)c1cnc2ccsc2c1. The van der Waals surface area contributed by atoms with Crippen molar-refractivity contribution in [3.63, 3.8) is 0 Å². The van der Waals surface area contributed by atoms with Gasteiger partial charge in [0.05, 0.1) is 32.2 Å². The molecule has 3 aromatic rings. The van der Waals surface area contributed by atoms with Gasteiger partial charge < -0.3 is 5.11 Å². The number of thiophene rings is 1. The number of aryl methyl sites for hydroxylation is 2. The molecule has 110 valence electrons. The summed E-state index contributed by atoms with van der Waals surface area (Å²) in [5, 5.41) is 17.0. The van der Waals surface area contributed by atoms with E-state index in [1.807, 2.05) is 36.0 Å². The number of aliphatic hydroxyl groups is 1. The normalized spacial score (nSPS) is 13.0. The number of aliphatic hydroxyl groups excluding tert-OH is 1. The van der Waals surface area contributed by atoms with Crippen LogP contribution in [0.15, 0.2) is 28.2 Å². The first-order valence-corrected chi connectivity index (χ1v) is 8.50.